The topological polar surface area (TPSA) is 117 Å². The molecule has 0 unspecified atom stereocenters. The van der Waals surface area contributed by atoms with Crippen LogP contribution in [-0.4, -0.2) is 37.1 Å². The maximum absolute atomic E-state index is 12.2. The second-order valence-corrected chi connectivity index (χ2v) is 6.08. The van der Waals surface area contributed by atoms with E-state index in [-0.39, 0.29) is 16.9 Å². The lowest BCUT2D eigenvalue weighted by atomic mass is 10.1. The fourth-order valence-electron chi connectivity index (χ4n) is 2.57. The van der Waals surface area contributed by atoms with Gasteiger partial charge in [-0.2, -0.15) is 0 Å². The van der Waals surface area contributed by atoms with Crippen LogP contribution in [0.25, 0.3) is 0 Å². The lowest BCUT2D eigenvalue weighted by molar-refractivity contribution is -0.384. The minimum absolute atomic E-state index is 0.0825. The summed E-state index contributed by atoms with van der Waals surface area (Å²) in [7, 11) is 1.48. The van der Waals surface area contributed by atoms with E-state index in [9.17, 15) is 19.7 Å². The summed E-state index contributed by atoms with van der Waals surface area (Å²) >= 11 is 0. The number of nitro benzene ring substituents is 1. The van der Waals surface area contributed by atoms with Gasteiger partial charge in [-0.3, -0.25) is 14.9 Å². The van der Waals surface area contributed by atoms with Crippen molar-refractivity contribution in [1.29, 1.82) is 0 Å². The Labute approximate surface area is 167 Å². The number of esters is 1. The van der Waals surface area contributed by atoms with Gasteiger partial charge in [0.2, 0.25) is 0 Å². The fourth-order valence-corrected chi connectivity index (χ4v) is 2.57. The molecule has 0 saturated carbocycles. The van der Waals surface area contributed by atoms with Crippen LogP contribution in [0.4, 0.5) is 11.4 Å². The molecule has 0 aliphatic carbocycles. The molecule has 0 aliphatic rings. The quantitative estimate of drug-likeness (QED) is 0.408. The molecule has 1 N–H and O–H groups in total. The first-order valence-electron chi connectivity index (χ1n) is 8.80. The highest BCUT2D eigenvalue weighted by atomic mass is 16.6. The van der Waals surface area contributed by atoms with E-state index in [0.29, 0.717) is 23.7 Å². The third-order valence-corrected chi connectivity index (χ3v) is 4.21. The number of hydrogen-bond donors (Lipinski definition) is 1. The van der Waals surface area contributed by atoms with E-state index in [1.165, 1.54) is 25.3 Å². The Hall–Kier alpha value is -3.62. The molecule has 0 spiro atoms. The minimum atomic E-state index is -0.737. The van der Waals surface area contributed by atoms with Crippen LogP contribution >= 0.6 is 0 Å². The smallest absolute Gasteiger partial charge is 0.338 e. The number of ether oxygens (including phenoxy) is 3. The van der Waals surface area contributed by atoms with Crippen LogP contribution in [0.3, 0.4) is 0 Å². The van der Waals surface area contributed by atoms with Crippen LogP contribution in [0.2, 0.25) is 0 Å². The summed E-state index contributed by atoms with van der Waals surface area (Å²) in [5, 5.41) is 13.7. The molecule has 9 heteroatoms. The van der Waals surface area contributed by atoms with Crippen LogP contribution in [0.15, 0.2) is 30.3 Å². The third-order valence-electron chi connectivity index (χ3n) is 4.21. The molecule has 29 heavy (non-hydrogen) atoms. The highest BCUT2D eigenvalue weighted by molar-refractivity contribution is 5.97. The molecule has 2 rings (SSSR count). The van der Waals surface area contributed by atoms with Gasteiger partial charge in [0.25, 0.3) is 11.6 Å². The SMILES string of the molecule is CCOc1cc(C(=O)OCC(=O)Nc2c([N+](=O)[O-])ccc(C)c2C)ccc1OC. The molecule has 0 radical (unpaired) electrons. The van der Waals surface area contributed by atoms with Gasteiger partial charge in [0.15, 0.2) is 18.1 Å². The molecular weight excluding hydrogens is 380 g/mol. The zero-order valence-corrected chi connectivity index (χ0v) is 16.6. The summed E-state index contributed by atoms with van der Waals surface area (Å²) in [6.07, 6.45) is 0. The number of amides is 1. The summed E-state index contributed by atoms with van der Waals surface area (Å²) in [5.41, 5.74) is 1.38. The van der Waals surface area contributed by atoms with E-state index in [4.69, 9.17) is 14.2 Å². The molecule has 0 aromatic heterocycles. The molecule has 9 nitrogen and oxygen atoms in total. The Morgan fingerprint density at radius 1 is 1.14 bits per heavy atom. The van der Waals surface area contributed by atoms with E-state index in [1.807, 2.05) is 0 Å². The van der Waals surface area contributed by atoms with Crippen molar-refractivity contribution >= 4 is 23.3 Å². The van der Waals surface area contributed by atoms with Crippen LogP contribution in [0.1, 0.15) is 28.4 Å². The van der Waals surface area contributed by atoms with E-state index in [1.54, 1.807) is 32.9 Å². The number of hydrogen-bond acceptors (Lipinski definition) is 7. The molecule has 2 aromatic rings. The Balaban J connectivity index is 2.08. The zero-order valence-electron chi connectivity index (χ0n) is 16.6. The highest BCUT2D eigenvalue weighted by Crippen LogP contribution is 2.30. The predicted molar refractivity (Wildman–Crippen MR) is 106 cm³/mol. The maximum atomic E-state index is 12.2. The lowest BCUT2D eigenvalue weighted by Crippen LogP contribution is -2.22. The number of carbonyl (C=O) groups excluding carboxylic acids is 2. The molecule has 154 valence electrons. The van der Waals surface area contributed by atoms with Gasteiger partial charge >= 0.3 is 5.97 Å². The van der Waals surface area contributed by atoms with Crippen LogP contribution in [0.5, 0.6) is 11.5 Å². The number of nitrogens with zero attached hydrogens (tertiary/aromatic N) is 1. The summed E-state index contributed by atoms with van der Waals surface area (Å²) in [5.74, 6) is -0.587. The molecule has 2 aromatic carbocycles. The number of benzene rings is 2. The van der Waals surface area contributed by atoms with Gasteiger partial charge in [0.05, 0.1) is 24.2 Å². The normalized spacial score (nSPS) is 10.2. The Morgan fingerprint density at radius 3 is 2.48 bits per heavy atom. The Kier molecular flexibility index (Phi) is 7.13. The monoisotopic (exact) mass is 402 g/mol. The first kappa shape index (κ1) is 21.7. The second kappa shape index (κ2) is 9.54. The van der Waals surface area contributed by atoms with Gasteiger partial charge in [-0.1, -0.05) is 6.07 Å². The molecule has 0 saturated heterocycles. The lowest BCUT2D eigenvalue weighted by Gasteiger charge is -2.12. The molecule has 0 heterocycles. The number of nitro groups is 1. The van der Waals surface area contributed by atoms with E-state index in [2.05, 4.69) is 5.32 Å². The molecule has 0 aliphatic heterocycles. The van der Waals surface area contributed by atoms with Crippen molar-refractivity contribution in [3.05, 3.63) is 57.1 Å². The number of anilines is 1. The molecule has 1 amide bonds. The average Bonchev–Trinajstić information content (AvgIpc) is 2.69. The van der Waals surface area contributed by atoms with Crippen molar-refractivity contribution in [2.75, 3.05) is 25.6 Å². The Bertz CT molecular complexity index is 941. The van der Waals surface area contributed by atoms with Crippen LogP contribution in [0, 0.1) is 24.0 Å². The maximum Gasteiger partial charge on any atom is 0.338 e. The van der Waals surface area contributed by atoms with Gasteiger partial charge in [-0.15, -0.1) is 0 Å². The fraction of sp³-hybridized carbons (Fsp3) is 0.300. The van der Waals surface area contributed by atoms with E-state index >= 15 is 0 Å². The number of rotatable bonds is 8. The van der Waals surface area contributed by atoms with Crippen molar-refractivity contribution in [3.63, 3.8) is 0 Å². The predicted octanol–water partition coefficient (Wildman–Crippen LogP) is 3.41. The molecule has 0 bridgehead atoms. The minimum Gasteiger partial charge on any atom is -0.493 e. The summed E-state index contributed by atoms with van der Waals surface area (Å²) in [4.78, 5) is 35.1. The van der Waals surface area contributed by atoms with Gasteiger partial charge in [0.1, 0.15) is 5.69 Å². The number of aryl methyl sites for hydroxylation is 1. The number of carbonyl (C=O) groups is 2. The largest absolute Gasteiger partial charge is 0.493 e. The van der Waals surface area contributed by atoms with Crippen molar-refractivity contribution in [3.8, 4) is 11.5 Å². The van der Waals surface area contributed by atoms with Gasteiger partial charge in [-0.25, -0.2) is 4.79 Å². The zero-order chi connectivity index (χ0) is 21.6. The van der Waals surface area contributed by atoms with Gasteiger partial charge in [-0.05, 0) is 50.1 Å². The summed E-state index contributed by atoms with van der Waals surface area (Å²) in [6.45, 7) is 5.01. The first-order valence-corrected chi connectivity index (χ1v) is 8.80. The van der Waals surface area contributed by atoms with E-state index in [0.717, 1.165) is 5.56 Å². The standard InChI is InChI=1S/C20H22N2O7/c1-5-28-17-10-14(7-9-16(17)27-4)20(24)29-11-18(23)21-19-13(3)12(2)6-8-15(19)22(25)26/h6-10H,5,11H2,1-4H3,(H,21,23). The van der Waals surface area contributed by atoms with Crippen molar-refractivity contribution in [2.45, 2.75) is 20.8 Å². The van der Waals surface area contributed by atoms with Crippen LogP contribution in [-0.2, 0) is 9.53 Å². The van der Waals surface area contributed by atoms with Crippen LogP contribution < -0.4 is 14.8 Å². The van der Waals surface area contributed by atoms with E-state index < -0.39 is 23.4 Å². The highest BCUT2D eigenvalue weighted by Gasteiger charge is 2.20. The molecular formula is C20H22N2O7. The number of nitrogens with one attached hydrogen (secondary N) is 1. The van der Waals surface area contributed by atoms with Gasteiger partial charge < -0.3 is 19.5 Å². The first-order chi connectivity index (χ1) is 13.8. The molecule has 0 fully saturated rings. The third kappa shape index (κ3) is 5.22. The second-order valence-electron chi connectivity index (χ2n) is 6.08. The van der Waals surface area contributed by atoms with Crippen molar-refractivity contribution in [2.24, 2.45) is 0 Å². The Morgan fingerprint density at radius 2 is 1.86 bits per heavy atom. The summed E-state index contributed by atoms with van der Waals surface area (Å²) in [6, 6.07) is 7.41. The van der Waals surface area contributed by atoms with Crippen molar-refractivity contribution in [1.82, 2.24) is 0 Å². The molecule has 0 atom stereocenters. The van der Waals surface area contributed by atoms with Crippen molar-refractivity contribution < 1.29 is 28.7 Å². The average molecular weight is 402 g/mol. The van der Waals surface area contributed by atoms with Gasteiger partial charge in [0, 0.05) is 6.07 Å². The summed E-state index contributed by atoms with van der Waals surface area (Å²) < 4.78 is 15.6. The number of methoxy groups -OCH3 is 1.